The molecule has 0 radical (unpaired) electrons. The first-order valence-electron chi connectivity index (χ1n) is 6.97. The molecule has 0 saturated carbocycles. The van der Waals surface area contributed by atoms with Gasteiger partial charge in [-0.2, -0.15) is 0 Å². The molecule has 1 heterocycles. The number of hydrogen-bond acceptors (Lipinski definition) is 2. The van der Waals surface area contributed by atoms with Gasteiger partial charge < -0.3 is 5.32 Å². The van der Waals surface area contributed by atoms with Crippen LogP contribution < -0.4 is 5.32 Å². The van der Waals surface area contributed by atoms with Crippen LogP contribution in [0.4, 0.5) is 8.78 Å². The lowest BCUT2D eigenvalue weighted by Gasteiger charge is -2.33. The van der Waals surface area contributed by atoms with Gasteiger partial charge in [0, 0.05) is 30.7 Å². The number of piperidine rings is 1. The van der Waals surface area contributed by atoms with E-state index in [1.54, 1.807) is 0 Å². The van der Waals surface area contributed by atoms with Crippen LogP contribution in [0.3, 0.4) is 0 Å². The van der Waals surface area contributed by atoms with E-state index in [9.17, 15) is 8.78 Å². The van der Waals surface area contributed by atoms with Gasteiger partial charge >= 0.3 is 0 Å². The lowest BCUT2D eigenvalue weighted by Crippen LogP contribution is -2.43. The molecule has 0 amide bonds. The van der Waals surface area contributed by atoms with Crippen molar-refractivity contribution in [1.29, 1.82) is 0 Å². The van der Waals surface area contributed by atoms with E-state index in [2.05, 4.69) is 16.1 Å². The summed E-state index contributed by atoms with van der Waals surface area (Å²) in [5.41, 5.74) is 0.385. The van der Waals surface area contributed by atoms with Gasteiger partial charge in [-0.15, -0.1) is 6.42 Å². The molecule has 0 aliphatic carbocycles. The summed E-state index contributed by atoms with van der Waals surface area (Å²) in [5, 5.41) is 3.38. The van der Waals surface area contributed by atoms with E-state index in [-0.39, 0.29) is 11.9 Å². The maximum absolute atomic E-state index is 13.7. The van der Waals surface area contributed by atoms with Crippen LogP contribution in [-0.2, 0) is 0 Å². The standard InChI is InChI=1S/C16H20F2N2/c1-3-8-20-9-6-14(7-10-20)19-12(2)15-11-13(17)4-5-16(15)18/h1,4-5,11-12,14,19H,6-10H2,2H3. The fourth-order valence-electron chi connectivity index (χ4n) is 2.68. The van der Waals surface area contributed by atoms with Gasteiger partial charge in [0.25, 0.3) is 0 Å². The Morgan fingerprint density at radius 2 is 2.10 bits per heavy atom. The first kappa shape index (κ1) is 15.0. The molecular formula is C16H20F2N2. The number of hydrogen-bond donors (Lipinski definition) is 1. The summed E-state index contributed by atoms with van der Waals surface area (Å²) < 4.78 is 26.9. The predicted molar refractivity (Wildman–Crippen MR) is 76.2 cm³/mol. The van der Waals surface area contributed by atoms with Crippen molar-refractivity contribution < 1.29 is 8.78 Å². The minimum absolute atomic E-state index is 0.199. The van der Waals surface area contributed by atoms with Crippen molar-refractivity contribution in [2.75, 3.05) is 19.6 Å². The zero-order valence-electron chi connectivity index (χ0n) is 11.7. The normalized spacial score (nSPS) is 18.7. The maximum Gasteiger partial charge on any atom is 0.128 e. The summed E-state index contributed by atoms with van der Waals surface area (Å²) in [7, 11) is 0. The third-order valence-corrected chi connectivity index (χ3v) is 3.81. The Kier molecular flexibility index (Phi) is 5.11. The van der Waals surface area contributed by atoms with Crippen molar-refractivity contribution in [2.45, 2.75) is 31.8 Å². The topological polar surface area (TPSA) is 15.3 Å². The smallest absolute Gasteiger partial charge is 0.128 e. The molecule has 20 heavy (non-hydrogen) atoms. The van der Waals surface area contributed by atoms with E-state index in [0.717, 1.165) is 32.0 Å². The van der Waals surface area contributed by atoms with Crippen molar-refractivity contribution in [3.05, 3.63) is 35.4 Å². The maximum atomic E-state index is 13.7. The van der Waals surface area contributed by atoms with E-state index in [4.69, 9.17) is 6.42 Å². The molecule has 1 aromatic rings. The molecule has 0 spiro atoms. The number of terminal acetylenes is 1. The van der Waals surface area contributed by atoms with Crippen LogP contribution in [0.15, 0.2) is 18.2 Å². The minimum atomic E-state index is -0.404. The molecule has 108 valence electrons. The van der Waals surface area contributed by atoms with E-state index in [1.807, 2.05) is 6.92 Å². The summed E-state index contributed by atoms with van der Waals surface area (Å²) in [6.45, 7) is 4.44. The summed E-state index contributed by atoms with van der Waals surface area (Å²) >= 11 is 0. The Morgan fingerprint density at radius 1 is 1.40 bits per heavy atom. The van der Waals surface area contributed by atoms with E-state index in [0.29, 0.717) is 18.2 Å². The first-order chi connectivity index (χ1) is 9.60. The van der Waals surface area contributed by atoms with Crippen LogP contribution >= 0.6 is 0 Å². The van der Waals surface area contributed by atoms with Crippen LogP contribution in [0.2, 0.25) is 0 Å². The molecule has 0 bridgehead atoms. The van der Waals surface area contributed by atoms with Crippen LogP contribution in [0, 0.1) is 24.0 Å². The highest BCUT2D eigenvalue weighted by molar-refractivity contribution is 5.22. The SMILES string of the molecule is C#CCN1CCC(NC(C)c2cc(F)ccc2F)CC1. The molecule has 1 aliphatic rings. The van der Waals surface area contributed by atoms with Gasteiger partial charge in [-0.05, 0) is 38.0 Å². The molecule has 1 atom stereocenters. The van der Waals surface area contributed by atoms with E-state index in [1.165, 1.54) is 12.1 Å². The van der Waals surface area contributed by atoms with Crippen LogP contribution in [0.5, 0.6) is 0 Å². The molecular weight excluding hydrogens is 258 g/mol. The van der Waals surface area contributed by atoms with Crippen molar-refractivity contribution in [3.8, 4) is 12.3 Å². The van der Waals surface area contributed by atoms with Crippen molar-refractivity contribution >= 4 is 0 Å². The highest BCUT2D eigenvalue weighted by atomic mass is 19.1. The van der Waals surface area contributed by atoms with Gasteiger partial charge in [-0.25, -0.2) is 8.78 Å². The number of nitrogens with one attached hydrogen (secondary N) is 1. The van der Waals surface area contributed by atoms with Crippen molar-refractivity contribution in [1.82, 2.24) is 10.2 Å². The zero-order valence-corrected chi connectivity index (χ0v) is 11.7. The van der Waals surface area contributed by atoms with Gasteiger partial charge in [-0.3, -0.25) is 4.90 Å². The molecule has 2 rings (SSSR count). The molecule has 0 aromatic heterocycles. The summed E-state index contributed by atoms with van der Waals surface area (Å²) in [6.07, 6.45) is 7.25. The molecule has 1 unspecified atom stereocenters. The lowest BCUT2D eigenvalue weighted by molar-refractivity contribution is 0.210. The highest BCUT2D eigenvalue weighted by Gasteiger charge is 2.21. The van der Waals surface area contributed by atoms with Crippen LogP contribution in [0.25, 0.3) is 0 Å². The number of rotatable bonds is 4. The molecule has 2 nitrogen and oxygen atoms in total. The second-order valence-electron chi connectivity index (χ2n) is 5.31. The van der Waals surface area contributed by atoms with Gasteiger partial charge in [0.1, 0.15) is 11.6 Å². The number of likely N-dealkylation sites (tertiary alicyclic amines) is 1. The monoisotopic (exact) mass is 278 g/mol. The van der Waals surface area contributed by atoms with Crippen LogP contribution in [0.1, 0.15) is 31.4 Å². The van der Waals surface area contributed by atoms with Gasteiger partial charge in [0.2, 0.25) is 0 Å². The van der Waals surface area contributed by atoms with Gasteiger partial charge in [0.15, 0.2) is 0 Å². The van der Waals surface area contributed by atoms with E-state index >= 15 is 0 Å². The zero-order chi connectivity index (χ0) is 14.5. The largest absolute Gasteiger partial charge is 0.307 e. The second-order valence-corrected chi connectivity index (χ2v) is 5.31. The Hall–Kier alpha value is -1.44. The molecule has 1 saturated heterocycles. The average Bonchev–Trinajstić information content (AvgIpc) is 2.44. The van der Waals surface area contributed by atoms with Gasteiger partial charge in [-0.1, -0.05) is 5.92 Å². The minimum Gasteiger partial charge on any atom is -0.307 e. The molecule has 1 N–H and O–H groups in total. The number of benzene rings is 1. The Morgan fingerprint density at radius 3 is 2.75 bits per heavy atom. The molecule has 1 fully saturated rings. The van der Waals surface area contributed by atoms with Gasteiger partial charge in [0.05, 0.1) is 6.54 Å². The number of halogens is 2. The predicted octanol–water partition coefficient (Wildman–Crippen LogP) is 2.71. The lowest BCUT2D eigenvalue weighted by atomic mass is 10.0. The van der Waals surface area contributed by atoms with Crippen molar-refractivity contribution in [2.24, 2.45) is 0 Å². The molecule has 1 aliphatic heterocycles. The molecule has 1 aromatic carbocycles. The van der Waals surface area contributed by atoms with Crippen molar-refractivity contribution in [3.63, 3.8) is 0 Å². The van der Waals surface area contributed by atoms with E-state index < -0.39 is 5.82 Å². The highest BCUT2D eigenvalue weighted by Crippen LogP contribution is 2.20. The Bertz CT molecular complexity index is 488. The quantitative estimate of drug-likeness (QED) is 0.852. The fraction of sp³-hybridized carbons (Fsp3) is 0.500. The second kappa shape index (κ2) is 6.83. The summed E-state index contributed by atoms with van der Waals surface area (Å²) in [5.74, 6) is 1.88. The third-order valence-electron chi connectivity index (χ3n) is 3.81. The average molecular weight is 278 g/mol. The first-order valence-corrected chi connectivity index (χ1v) is 6.97. The van der Waals surface area contributed by atoms with Crippen LogP contribution in [-0.4, -0.2) is 30.6 Å². The summed E-state index contributed by atoms with van der Waals surface area (Å²) in [4.78, 5) is 2.23. The number of nitrogens with zero attached hydrogens (tertiary/aromatic N) is 1. The Labute approximate surface area is 119 Å². The summed E-state index contributed by atoms with van der Waals surface area (Å²) in [6, 6.07) is 3.71. The fourth-order valence-corrected chi connectivity index (χ4v) is 2.68. The Balaban J connectivity index is 1.91. The molecule has 4 heteroatoms. The third kappa shape index (κ3) is 3.78.